The molecule has 0 heterocycles. The zero-order chi connectivity index (χ0) is 25.1. The molecule has 0 spiro atoms. The zero-order valence-corrected chi connectivity index (χ0v) is 23.3. The third kappa shape index (κ3) is 3.92. The van der Waals surface area contributed by atoms with Crippen LogP contribution in [0, 0.1) is 45.8 Å². The lowest BCUT2D eigenvalue weighted by atomic mass is 9.45. The highest BCUT2D eigenvalue weighted by Crippen LogP contribution is 2.71. The van der Waals surface area contributed by atoms with E-state index in [-0.39, 0.29) is 40.2 Å². The quantitative estimate of drug-likeness (QED) is 0.370. The highest BCUT2D eigenvalue weighted by Gasteiger charge is 2.64. The topological polar surface area (TPSA) is 43.4 Å². The number of carbonyl (C=O) groups excluding carboxylic acids is 2. The first-order chi connectivity index (χ1) is 15.8. The van der Waals surface area contributed by atoms with Gasteiger partial charge in [-0.05, 0) is 78.9 Å². The van der Waals surface area contributed by atoms with Crippen LogP contribution in [0.3, 0.4) is 0 Å². The van der Waals surface area contributed by atoms with Gasteiger partial charge in [-0.3, -0.25) is 9.59 Å². The molecular formula is C31H50O3. The molecule has 4 aliphatic rings. The van der Waals surface area contributed by atoms with E-state index in [9.17, 15) is 9.59 Å². The van der Waals surface area contributed by atoms with Crippen molar-refractivity contribution in [1.29, 1.82) is 0 Å². The summed E-state index contributed by atoms with van der Waals surface area (Å²) >= 11 is 0. The summed E-state index contributed by atoms with van der Waals surface area (Å²) in [5.41, 5.74) is 3.05. The summed E-state index contributed by atoms with van der Waals surface area (Å²) in [5, 5.41) is 0. The van der Waals surface area contributed by atoms with Crippen molar-refractivity contribution in [3.8, 4) is 0 Å². The van der Waals surface area contributed by atoms with E-state index in [0.29, 0.717) is 12.2 Å². The van der Waals surface area contributed by atoms with E-state index in [4.69, 9.17) is 4.74 Å². The number of esters is 1. The van der Waals surface area contributed by atoms with Gasteiger partial charge in [0.1, 0.15) is 6.10 Å². The Hall–Kier alpha value is -1.12. The molecule has 0 saturated heterocycles. The maximum atomic E-state index is 13.9. The first-order valence-electron chi connectivity index (χ1n) is 14.3. The molecule has 0 amide bonds. The molecule has 8 atom stereocenters. The van der Waals surface area contributed by atoms with Gasteiger partial charge < -0.3 is 4.74 Å². The molecule has 2 fully saturated rings. The van der Waals surface area contributed by atoms with Crippen LogP contribution in [-0.4, -0.2) is 17.9 Å². The molecular weight excluding hydrogens is 420 g/mol. The Morgan fingerprint density at radius 2 is 1.76 bits per heavy atom. The van der Waals surface area contributed by atoms with Gasteiger partial charge in [-0.1, -0.05) is 73.3 Å². The second-order valence-corrected chi connectivity index (χ2v) is 13.7. The second-order valence-electron chi connectivity index (χ2n) is 13.7. The third-order valence-corrected chi connectivity index (χ3v) is 11.6. The van der Waals surface area contributed by atoms with Crippen LogP contribution in [0.2, 0.25) is 0 Å². The molecule has 0 N–H and O–H groups in total. The summed E-state index contributed by atoms with van der Waals surface area (Å²) in [6.45, 7) is 18.3. The van der Waals surface area contributed by atoms with Gasteiger partial charge in [-0.2, -0.15) is 0 Å². The van der Waals surface area contributed by atoms with Gasteiger partial charge in [-0.25, -0.2) is 0 Å². The van der Waals surface area contributed by atoms with Crippen LogP contribution < -0.4 is 0 Å². The second kappa shape index (κ2) is 9.07. The Balaban J connectivity index is 1.63. The number of fused-ring (bicyclic) bond motifs is 4. The predicted octanol–water partition coefficient (Wildman–Crippen LogP) is 7.92. The van der Waals surface area contributed by atoms with Gasteiger partial charge in [0.25, 0.3) is 0 Å². The highest BCUT2D eigenvalue weighted by atomic mass is 16.5. The average molecular weight is 471 g/mol. The summed E-state index contributed by atoms with van der Waals surface area (Å²) in [6.07, 6.45) is 11.3. The van der Waals surface area contributed by atoms with E-state index in [2.05, 4.69) is 48.5 Å². The summed E-state index contributed by atoms with van der Waals surface area (Å²) in [4.78, 5) is 25.6. The average Bonchev–Trinajstić information content (AvgIpc) is 3.02. The molecule has 0 radical (unpaired) electrons. The van der Waals surface area contributed by atoms with E-state index in [1.807, 2.05) is 0 Å². The fourth-order valence-electron chi connectivity index (χ4n) is 9.38. The summed E-state index contributed by atoms with van der Waals surface area (Å²) in [6, 6.07) is 0. The van der Waals surface area contributed by atoms with Crippen LogP contribution in [0.1, 0.15) is 120 Å². The largest absolute Gasteiger partial charge is 0.462 e. The number of hydrogen-bond acceptors (Lipinski definition) is 3. The summed E-state index contributed by atoms with van der Waals surface area (Å²) in [5.74, 6) is 2.98. The fraction of sp³-hybridized carbons (Fsp3) is 0.871. The van der Waals surface area contributed by atoms with E-state index >= 15 is 0 Å². The third-order valence-electron chi connectivity index (χ3n) is 11.6. The van der Waals surface area contributed by atoms with E-state index in [0.717, 1.165) is 37.0 Å². The van der Waals surface area contributed by atoms with E-state index in [1.54, 1.807) is 0 Å². The van der Waals surface area contributed by atoms with Crippen LogP contribution in [-0.2, 0) is 14.3 Å². The Bertz CT molecular complexity index is 855. The molecule has 3 nitrogen and oxygen atoms in total. The molecule has 2 saturated carbocycles. The zero-order valence-electron chi connectivity index (χ0n) is 23.3. The van der Waals surface area contributed by atoms with Crippen LogP contribution in [0.25, 0.3) is 0 Å². The number of carbonyl (C=O) groups is 2. The van der Waals surface area contributed by atoms with Crippen molar-refractivity contribution >= 4 is 11.8 Å². The Morgan fingerprint density at radius 3 is 2.41 bits per heavy atom. The molecule has 4 aliphatic carbocycles. The van der Waals surface area contributed by atoms with Gasteiger partial charge in [0.15, 0.2) is 5.78 Å². The molecule has 192 valence electrons. The summed E-state index contributed by atoms with van der Waals surface area (Å²) < 4.78 is 5.69. The first kappa shape index (κ1) is 26.0. The lowest BCUT2D eigenvalue weighted by Gasteiger charge is -2.59. The number of ether oxygens (including phenoxy) is 1. The molecule has 0 aromatic rings. The van der Waals surface area contributed by atoms with Crippen molar-refractivity contribution in [2.75, 3.05) is 0 Å². The summed E-state index contributed by atoms with van der Waals surface area (Å²) in [7, 11) is 0. The molecule has 0 bridgehead atoms. The number of allylic oxidation sites excluding steroid dienone is 2. The molecule has 0 unspecified atom stereocenters. The minimum atomic E-state index is -0.192. The highest BCUT2D eigenvalue weighted by molar-refractivity contribution is 5.99. The number of rotatable bonds is 6. The number of ketones is 1. The van der Waals surface area contributed by atoms with Crippen molar-refractivity contribution in [3.05, 3.63) is 11.1 Å². The van der Waals surface area contributed by atoms with Crippen LogP contribution in [0.15, 0.2) is 11.1 Å². The van der Waals surface area contributed by atoms with Crippen molar-refractivity contribution in [2.45, 2.75) is 126 Å². The molecule has 0 aromatic carbocycles. The van der Waals surface area contributed by atoms with Crippen molar-refractivity contribution in [3.63, 3.8) is 0 Å². The van der Waals surface area contributed by atoms with Crippen molar-refractivity contribution < 1.29 is 14.3 Å². The molecule has 3 heteroatoms. The molecule has 34 heavy (non-hydrogen) atoms. The van der Waals surface area contributed by atoms with Crippen LogP contribution in [0.5, 0.6) is 0 Å². The maximum absolute atomic E-state index is 13.9. The minimum Gasteiger partial charge on any atom is -0.462 e. The maximum Gasteiger partial charge on any atom is 0.302 e. The SMILES string of the molecule is CC(=O)O[C@H]1CC[C@]2(C)C3=C(C(=O)C[C@H]2[C@@H]1C)[C@]1(C)CC[C@H]([C@H](C)CCCC(C)C)[C@@]1(C)CC3. The Kier molecular flexibility index (Phi) is 6.93. The van der Waals surface area contributed by atoms with E-state index < -0.39 is 0 Å². The van der Waals surface area contributed by atoms with Crippen molar-refractivity contribution in [1.82, 2.24) is 0 Å². The first-order valence-corrected chi connectivity index (χ1v) is 14.3. The molecule has 0 aliphatic heterocycles. The standard InChI is InChI=1S/C31H50O3/c1-19(2)10-9-11-20(3)23-12-17-31(8)28-24(13-16-30(23,31)7)29(6)15-14-27(34-22(5)32)21(4)25(29)18-26(28)33/h19-21,23,25,27H,9-18H2,1-8H3/t20-,21+,23-,25+,27+,29-,30-,31+/m1/s1. The number of Topliss-reactive ketones (excluding diaryl/α,β-unsaturated/α-hetero) is 1. The van der Waals surface area contributed by atoms with Crippen LogP contribution >= 0.6 is 0 Å². The molecule has 4 rings (SSSR count). The lowest BCUT2D eigenvalue weighted by Crippen LogP contribution is -2.54. The van der Waals surface area contributed by atoms with Gasteiger partial charge in [0.2, 0.25) is 0 Å². The van der Waals surface area contributed by atoms with Gasteiger partial charge >= 0.3 is 5.97 Å². The normalized spacial score (nSPS) is 42.8. The fourth-order valence-corrected chi connectivity index (χ4v) is 9.38. The number of hydrogen-bond donors (Lipinski definition) is 0. The Morgan fingerprint density at radius 1 is 1.06 bits per heavy atom. The van der Waals surface area contributed by atoms with Gasteiger partial charge in [0.05, 0.1) is 0 Å². The monoisotopic (exact) mass is 470 g/mol. The lowest BCUT2D eigenvalue weighted by molar-refractivity contribution is -0.156. The van der Waals surface area contributed by atoms with Gasteiger partial charge in [0, 0.05) is 24.3 Å². The predicted molar refractivity (Wildman–Crippen MR) is 138 cm³/mol. The van der Waals surface area contributed by atoms with Crippen LogP contribution in [0.4, 0.5) is 0 Å². The van der Waals surface area contributed by atoms with E-state index in [1.165, 1.54) is 56.6 Å². The Labute approximate surface area is 208 Å². The molecule has 0 aromatic heterocycles. The minimum absolute atomic E-state index is 0.0125. The smallest absolute Gasteiger partial charge is 0.302 e. The van der Waals surface area contributed by atoms with Crippen molar-refractivity contribution in [2.24, 2.45) is 45.8 Å². The van der Waals surface area contributed by atoms with Gasteiger partial charge in [-0.15, -0.1) is 0 Å².